The van der Waals surface area contributed by atoms with Crippen LogP contribution in [0.15, 0.2) is 40.9 Å². The van der Waals surface area contributed by atoms with Crippen molar-refractivity contribution in [2.75, 3.05) is 20.2 Å². The molecule has 0 aliphatic carbocycles. The normalized spacial score (nSPS) is 10.7. The molecule has 0 aromatic heterocycles. The molecule has 0 spiro atoms. The lowest BCUT2D eigenvalue weighted by atomic mass is 10.3. The molecule has 1 aromatic carbocycles. The molecule has 0 unspecified atom stereocenters. The predicted octanol–water partition coefficient (Wildman–Crippen LogP) is 2.60. The van der Waals surface area contributed by atoms with Gasteiger partial charge in [0.15, 0.2) is 0 Å². The van der Waals surface area contributed by atoms with Gasteiger partial charge in [0.2, 0.25) is 0 Å². The summed E-state index contributed by atoms with van der Waals surface area (Å²) in [6.07, 6.45) is 4.04. The van der Waals surface area contributed by atoms with Crippen LogP contribution in [0.25, 0.3) is 0 Å². The Balaban J connectivity index is 2.28. The van der Waals surface area contributed by atoms with Crippen LogP contribution in [0.2, 0.25) is 0 Å². The van der Waals surface area contributed by atoms with Crippen LogP contribution in [-0.4, -0.2) is 20.2 Å². The zero-order chi connectivity index (χ0) is 10.2. The van der Waals surface area contributed by atoms with Crippen molar-refractivity contribution in [3.63, 3.8) is 0 Å². The monoisotopic (exact) mass is 255 g/mol. The van der Waals surface area contributed by atoms with Crippen LogP contribution in [0.4, 0.5) is 0 Å². The molecule has 0 amide bonds. The van der Waals surface area contributed by atoms with E-state index in [9.17, 15) is 0 Å². The molecule has 0 saturated carbocycles. The second-order valence-corrected chi connectivity index (χ2v) is 3.71. The number of hydrogen-bond donors (Lipinski definition) is 1. The first-order chi connectivity index (χ1) is 6.83. The zero-order valence-corrected chi connectivity index (χ0v) is 9.75. The van der Waals surface area contributed by atoms with Gasteiger partial charge in [-0.05, 0) is 31.3 Å². The van der Waals surface area contributed by atoms with Gasteiger partial charge < -0.3 is 10.1 Å². The SMILES string of the molecule is CNC/C=C/COc1ccc(Br)cc1. The van der Waals surface area contributed by atoms with Gasteiger partial charge in [-0.25, -0.2) is 0 Å². The molecule has 1 rings (SSSR count). The number of nitrogens with one attached hydrogen (secondary N) is 1. The van der Waals surface area contributed by atoms with Crippen molar-refractivity contribution in [2.24, 2.45) is 0 Å². The Morgan fingerprint density at radius 2 is 2.00 bits per heavy atom. The van der Waals surface area contributed by atoms with E-state index in [0.717, 1.165) is 16.8 Å². The van der Waals surface area contributed by atoms with E-state index in [1.807, 2.05) is 43.5 Å². The highest BCUT2D eigenvalue weighted by Crippen LogP contribution is 2.15. The van der Waals surface area contributed by atoms with E-state index in [2.05, 4.69) is 21.2 Å². The standard InChI is InChI=1S/C11H14BrNO/c1-13-8-2-3-9-14-11-6-4-10(12)5-7-11/h2-7,13H,8-9H2,1H3/b3-2+. The van der Waals surface area contributed by atoms with E-state index in [1.54, 1.807) is 0 Å². The number of rotatable bonds is 5. The molecule has 0 heterocycles. The molecule has 0 saturated heterocycles. The molecule has 14 heavy (non-hydrogen) atoms. The summed E-state index contributed by atoms with van der Waals surface area (Å²) >= 11 is 3.37. The Hall–Kier alpha value is -0.800. The smallest absolute Gasteiger partial charge is 0.119 e. The van der Waals surface area contributed by atoms with Crippen LogP contribution >= 0.6 is 15.9 Å². The lowest BCUT2D eigenvalue weighted by molar-refractivity contribution is 0.362. The Morgan fingerprint density at radius 3 is 2.64 bits per heavy atom. The number of ether oxygens (including phenoxy) is 1. The average Bonchev–Trinajstić information content (AvgIpc) is 2.21. The van der Waals surface area contributed by atoms with Gasteiger partial charge in [0.25, 0.3) is 0 Å². The van der Waals surface area contributed by atoms with Crippen molar-refractivity contribution in [1.82, 2.24) is 5.32 Å². The molecule has 0 aliphatic rings. The van der Waals surface area contributed by atoms with Crippen molar-refractivity contribution >= 4 is 15.9 Å². The molecule has 0 radical (unpaired) electrons. The van der Waals surface area contributed by atoms with E-state index in [1.165, 1.54) is 0 Å². The van der Waals surface area contributed by atoms with Gasteiger partial charge in [-0.1, -0.05) is 28.1 Å². The van der Waals surface area contributed by atoms with E-state index in [0.29, 0.717) is 6.61 Å². The molecule has 0 fully saturated rings. The minimum Gasteiger partial charge on any atom is -0.490 e. The highest BCUT2D eigenvalue weighted by atomic mass is 79.9. The highest BCUT2D eigenvalue weighted by molar-refractivity contribution is 9.10. The molecule has 1 N–H and O–H groups in total. The molecular weight excluding hydrogens is 242 g/mol. The maximum Gasteiger partial charge on any atom is 0.119 e. The fourth-order valence-corrected chi connectivity index (χ4v) is 1.21. The second kappa shape index (κ2) is 6.62. The number of benzene rings is 1. The summed E-state index contributed by atoms with van der Waals surface area (Å²) in [7, 11) is 1.92. The molecule has 1 aromatic rings. The summed E-state index contributed by atoms with van der Waals surface area (Å²) in [6.45, 7) is 1.49. The van der Waals surface area contributed by atoms with Crippen LogP contribution in [0, 0.1) is 0 Å². The van der Waals surface area contributed by atoms with Gasteiger partial charge in [-0.2, -0.15) is 0 Å². The molecule has 0 aliphatic heterocycles. The maximum absolute atomic E-state index is 5.47. The van der Waals surface area contributed by atoms with Crippen molar-refractivity contribution < 1.29 is 4.74 Å². The predicted molar refractivity (Wildman–Crippen MR) is 62.7 cm³/mol. The second-order valence-electron chi connectivity index (χ2n) is 2.79. The Morgan fingerprint density at radius 1 is 1.29 bits per heavy atom. The van der Waals surface area contributed by atoms with Gasteiger partial charge in [-0.3, -0.25) is 0 Å². The molecule has 0 atom stereocenters. The van der Waals surface area contributed by atoms with Crippen molar-refractivity contribution in [3.8, 4) is 5.75 Å². The minimum atomic E-state index is 0.614. The minimum absolute atomic E-state index is 0.614. The van der Waals surface area contributed by atoms with Gasteiger partial charge in [-0.15, -0.1) is 0 Å². The average molecular weight is 256 g/mol. The van der Waals surface area contributed by atoms with Gasteiger partial charge >= 0.3 is 0 Å². The molecular formula is C11H14BrNO. The Bertz CT molecular complexity index is 282. The summed E-state index contributed by atoms with van der Waals surface area (Å²) < 4.78 is 6.54. The molecule has 3 heteroatoms. The number of halogens is 1. The third kappa shape index (κ3) is 4.44. The quantitative estimate of drug-likeness (QED) is 0.817. The van der Waals surface area contributed by atoms with E-state index in [-0.39, 0.29) is 0 Å². The van der Waals surface area contributed by atoms with Gasteiger partial charge in [0.05, 0.1) is 0 Å². The summed E-state index contributed by atoms with van der Waals surface area (Å²) in [6, 6.07) is 7.81. The van der Waals surface area contributed by atoms with Crippen molar-refractivity contribution in [2.45, 2.75) is 0 Å². The van der Waals surface area contributed by atoms with Crippen molar-refractivity contribution in [1.29, 1.82) is 0 Å². The first-order valence-corrected chi connectivity index (χ1v) is 5.30. The van der Waals surface area contributed by atoms with Crippen LogP contribution < -0.4 is 10.1 Å². The fraction of sp³-hybridized carbons (Fsp3) is 0.273. The third-order valence-electron chi connectivity index (χ3n) is 1.65. The van der Waals surface area contributed by atoms with E-state index < -0.39 is 0 Å². The maximum atomic E-state index is 5.47. The lowest BCUT2D eigenvalue weighted by Gasteiger charge is -2.02. The summed E-state index contributed by atoms with van der Waals surface area (Å²) in [5.74, 6) is 0.891. The Labute approximate surface area is 93.1 Å². The molecule has 2 nitrogen and oxygen atoms in total. The Kier molecular flexibility index (Phi) is 5.33. The topological polar surface area (TPSA) is 21.3 Å². The van der Waals surface area contributed by atoms with Crippen LogP contribution in [0.1, 0.15) is 0 Å². The van der Waals surface area contributed by atoms with Crippen LogP contribution in [0.5, 0.6) is 5.75 Å². The third-order valence-corrected chi connectivity index (χ3v) is 2.18. The summed E-state index contributed by atoms with van der Waals surface area (Å²) in [5.41, 5.74) is 0. The highest BCUT2D eigenvalue weighted by Gasteiger charge is 1.90. The fourth-order valence-electron chi connectivity index (χ4n) is 0.944. The molecule has 0 bridgehead atoms. The first kappa shape index (κ1) is 11.3. The first-order valence-electron chi connectivity index (χ1n) is 4.51. The van der Waals surface area contributed by atoms with E-state index in [4.69, 9.17) is 4.74 Å². The van der Waals surface area contributed by atoms with Gasteiger partial charge in [0.1, 0.15) is 12.4 Å². The van der Waals surface area contributed by atoms with Crippen LogP contribution in [-0.2, 0) is 0 Å². The molecule has 76 valence electrons. The van der Waals surface area contributed by atoms with E-state index >= 15 is 0 Å². The summed E-state index contributed by atoms with van der Waals surface area (Å²) in [4.78, 5) is 0. The summed E-state index contributed by atoms with van der Waals surface area (Å²) in [5, 5.41) is 3.03. The number of likely N-dealkylation sites (N-methyl/N-ethyl adjacent to an activating group) is 1. The zero-order valence-electron chi connectivity index (χ0n) is 8.16. The van der Waals surface area contributed by atoms with Crippen molar-refractivity contribution in [3.05, 3.63) is 40.9 Å². The van der Waals surface area contributed by atoms with Gasteiger partial charge in [0, 0.05) is 11.0 Å². The largest absolute Gasteiger partial charge is 0.490 e. The number of hydrogen-bond acceptors (Lipinski definition) is 2. The van der Waals surface area contributed by atoms with Crippen LogP contribution in [0.3, 0.4) is 0 Å². The lowest BCUT2D eigenvalue weighted by Crippen LogP contribution is -2.04.